The van der Waals surface area contributed by atoms with Crippen LogP contribution in [0.15, 0.2) is 155 Å². The van der Waals surface area contributed by atoms with Crippen LogP contribution in [0.4, 0.5) is 15.4 Å². The number of nitrogens with two attached hydrogens (primary N) is 1. The van der Waals surface area contributed by atoms with Crippen LogP contribution in [0.3, 0.4) is 0 Å². The number of carbonyl (C=O) groups excluding carboxylic acids is 3. The molecule has 88 heavy (non-hydrogen) atoms. The minimum Gasteiger partial charge on any atom is -0.508 e. The average Bonchev–Trinajstić information content (AvgIpc) is 3.70. The molecule has 4 saturated heterocycles. The van der Waals surface area contributed by atoms with Crippen molar-refractivity contribution < 1.29 is 48.3 Å². The van der Waals surface area contributed by atoms with E-state index >= 15 is 0 Å². The number of benzene rings is 4. The van der Waals surface area contributed by atoms with Crippen molar-refractivity contribution in [3.05, 3.63) is 172 Å². The Hall–Kier alpha value is -8.14. The van der Waals surface area contributed by atoms with Crippen LogP contribution in [-0.4, -0.2) is 151 Å². The number of aromatic nitrogens is 4. The van der Waals surface area contributed by atoms with E-state index in [0.717, 1.165) is 68.9 Å². The molecule has 4 fully saturated rings. The van der Waals surface area contributed by atoms with Crippen molar-refractivity contribution in [2.24, 2.45) is 14.1 Å². The molecule has 0 aliphatic carbocycles. The maximum absolute atomic E-state index is 12.4. The van der Waals surface area contributed by atoms with E-state index < -0.39 is 11.2 Å². The van der Waals surface area contributed by atoms with Crippen LogP contribution in [0, 0.1) is 0 Å². The molecule has 480 valence electrons. The molecule has 6 aromatic rings. The van der Waals surface area contributed by atoms with Crippen LogP contribution in [0.5, 0.6) is 23.0 Å². The highest BCUT2D eigenvalue weighted by molar-refractivity contribution is 5.85. The number of aliphatic hydroxyl groups excluding tert-OH is 1. The number of amides is 3. The lowest BCUT2D eigenvalue weighted by molar-refractivity contribution is -0.132. The number of para-hydroxylation sites is 4. The fraction of sp³-hybridized carbons (Fsp3) is 0.470. The molecule has 0 bridgehead atoms. The van der Waals surface area contributed by atoms with Crippen molar-refractivity contribution in [1.29, 1.82) is 0 Å². The lowest BCUT2D eigenvalue weighted by Crippen LogP contribution is -2.44. The fourth-order valence-electron chi connectivity index (χ4n) is 8.93. The van der Waals surface area contributed by atoms with Crippen LogP contribution in [-0.2, 0) is 34.8 Å². The van der Waals surface area contributed by atoms with E-state index in [-0.39, 0.29) is 66.4 Å². The Morgan fingerprint density at radius 1 is 0.511 bits per heavy atom. The number of likely N-dealkylation sites (tertiary alicyclic amines) is 3. The van der Waals surface area contributed by atoms with Gasteiger partial charge in [0.15, 0.2) is 0 Å². The molecule has 22 heteroatoms. The smallest absolute Gasteiger partial charge is 0.410 e. The maximum atomic E-state index is 12.4. The zero-order valence-corrected chi connectivity index (χ0v) is 53.1. The van der Waals surface area contributed by atoms with E-state index in [1.807, 2.05) is 144 Å². The highest BCUT2D eigenvalue weighted by Crippen LogP contribution is 2.22. The monoisotopic (exact) mass is 1240 g/mol. The number of aryl methyl sites for hydroxylation is 2. The Morgan fingerprint density at radius 2 is 0.864 bits per heavy atom. The predicted molar refractivity (Wildman–Crippen MR) is 343 cm³/mol. The summed E-state index contributed by atoms with van der Waals surface area (Å²) in [4.78, 5) is 63.1. The number of rotatable bonds is 8. The summed E-state index contributed by atoms with van der Waals surface area (Å²) in [7, 11) is 3.14. The van der Waals surface area contributed by atoms with Crippen molar-refractivity contribution in [3.8, 4) is 23.0 Å². The Morgan fingerprint density at radius 3 is 1.22 bits per heavy atom. The van der Waals surface area contributed by atoms with Gasteiger partial charge < -0.3 is 59.6 Å². The standard InChI is InChI=1S/C18H21N3O3.C16H23NO3.C11H15NO.C10H19NO3.C6H6O.C5H7N3O.ClH/c1-20-17(22)8-7-14(19-20)13-18(23)21-11-9-16(10-12-21)24-15-5-3-2-4-6-15;1-16(2,3)20-15(18)17-11-9-14(10-12-17)19-13-7-5-4-6-8-13;1-2-4-10(5-3-1)13-11-6-8-12-9-7-11;1-10(2,3)14-9(13)11-6-4-8(12)5-7-11;7-6-4-2-1-3-5-6;1-8-5(9)3-2-4(6)7-8;/h2-8,16H,9-13H2,1H3;4-8,14H,9-12H2,1-3H3;1-5,11-12H,6-9H2;8,12H,4-7H2,1-3H3;1-5,7H;2-3H,1H3,(H2,6,7);1H. The number of nitrogen functional groups attached to an aromatic ring is 1. The van der Waals surface area contributed by atoms with Crippen LogP contribution in [0.2, 0.25) is 0 Å². The number of hydrogen-bond donors (Lipinski definition) is 4. The SMILES string of the molecule is CC(C)(C)OC(=O)N1CCC(O)CC1.CC(C)(C)OC(=O)N1CCC(Oc2ccccc2)CC1.Cl.Cn1nc(CC(=O)N2CCC(Oc3ccccc3)CC2)ccc1=O.Cn1nc(N)ccc1=O.Oc1ccccc1.c1ccc(OC2CCNCC2)cc1. The molecule has 10 rings (SSSR count). The van der Waals surface area contributed by atoms with Crippen LogP contribution in [0.1, 0.15) is 98.6 Å². The summed E-state index contributed by atoms with van der Waals surface area (Å²) in [6, 6.07) is 44.3. The first-order valence-electron chi connectivity index (χ1n) is 29.8. The molecule has 0 unspecified atom stereocenters. The Kier molecular flexibility index (Phi) is 30.9. The largest absolute Gasteiger partial charge is 0.508 e. The summed E-state index contributed by atoms with van der Waals surface area (Å²) in [5.41, 5.74) is 4.67. The number of phenols is 1. The van der Waals surface area contributed by atoms with E-state index in [2.05, 4.69) is 15.5 Å². The van der Waals surface area contributed by atoms with Gasteiger partial charge in [0.25, 0.3) is 11.1 Å². The number of anilines is 1. The summed E-state index contributed by atoms with van der Waals surface area (Å²) in [5, 5.41) is 29.0. The Labute approximate surface area is 524 Å². The number of piperidine rings is 4. The summed E-state index contributed by atoms with van der Waals surface area (Å²) in [5.74, 6) is 3.48. The van der Waals surface area contributed by atoms with Crippen LogP contribution < -0.4 is 36.4 Å². The molecule has 2 aromatic heterocycles. The van der Waals surface area contributed by atoms with Gasteiger partial charge in [-0.25, -0.2) is 19.0 Å². The van der Waals surface area contributed by atoms with Gasteiger partial charge in [-0.1, -0.05) is 72.8 Å². The highest BCUT2D eigenvalue weighted by Gasteiger charge is 2.29. The molecule has 4 aliphatic rings. The number of phenolic OH excluding ortho intramolecular Hbond substituents is 1. The van der Waals surface area contributed by atoms with Crippen molar-refractivity contribution in [1.82, 2.24) is 39.6 Å². The Bertz CT molecular complexity index is 3050. The molecule has 0 radical (unpaired) electrons. The number of hydrogen-bond acceptors (Lipinski definition) is 16. The second-order valence-electron chi connectivity index (χ2n) is 23.2. The van der Waals surface area contributed by atoms with E-state index in [9.17, 15) is 29.1 Å². The number of ether oxygens (including phenoxy) is 5. The van der Waals surface area contributed by atoms with Crippen molar-refractivity contribution >= 4 is 36.3 Å². The lowest BCUT2D eigenvalue weighted by atomic mass is 10.1. The third-order valence-electron chi connectivity index (χ3n) is 13.5. The van der Waals surface area contributed by atoms with Gasteiger partial charge in [-0.2, -0.15) is 10.2 Å². The molecule has 4 aliphatic heterocycles. The second kappa shape index (κ2) is 37.5. The maximum Gasteiger partial charge on any atom is 0.410 e. The molecule has 21 nitrogen and oxygen atoms in total. The first-order chi connectivity index (χ1) is 41.5. The first-order valence-corrected chi connectivity index (χ1v) is 29.8. The number of aromatic hydroxyl groups is 1. The third kappa shape index (κ3) is 29.0. The lowest BCUT2D eigenvalue weighted by Gasteiger charge is -2.33. The van der Waals surface area contributed by atoms with E-state index in [1.165, 1.54) is 27.6 Å². The number of carbonyl (C=O) groups is 3. The van der Waals surface area contributed by atoms with Crippen molar-refractivity contribution in [3.63, 3.8) is 0 Å². The van der Waals surface area contributed by atoms with Gasteiger partial charge in [0.05, 0.1) is 18.2 Å². The summed E-state index contributed by atoms with van der Waals surface area (Å²) < 4.78 is 30.7. The minimum absolute atomic E-state index is 0. The van der Waals surface area contributed by atoms with Crippen molar-refractivity contribution in [2.45, 2.75) is 135 Å². The quantitative estimate of drug-likeness (QED) is 0.111. The zero-order chi connectivity index (χ0) is 63.2. The minimum atomic E-state index is -0.437. The summed E-state index contributed by atoms with van der Waals surface area (Å²) in [6.07, 6.45) is 7.06. The van der Waals surface area contributed by atoms with Gasteiger partial charge in [0, 0.05) is 91.2 Å². The van der Waals surface area contributed by atoms with Gasteiger partial charge in [0.1, 0.15) is 58.3 Å². The molecule has 5 N–H and O–H groups in total. The van der Waals surface area contributed by atoms with Gasteiger partial charge in [-0.3, -0.25) is 14.4 Å². The van der Waals surface area contributed by atoms with Crippen LogP contribution in [0.25, 0.3) is 0 Å². The molecule has 0 spiro atoms. The summed E-state index contributed by atoms with van der Waals surface area (Å²) >= 11 is 0. The zero-order valence-electron chi connectivity index (χ0n) is 52.3. The number of halogens is 1. The van der Waals surface area contributed by atoms with E-state index in [4.69, 9.17) is 34.5 Å². The summed E-state index contributed by atoms with van der Waals surface area (Å²) in [6.45, 7) is 17.3. The molecule has 3 amide bonds. The number of nitrogens with zero attached hydrogens (tertiary/aromatic N) is 7. The van der Waals surface area contributed by atoms with E-state index in [1.54, 1.807) is 54.2 Å². The van der Waals surface area contributed by atoms with Gasteiger partial charge in [0.2, 0.25) is 5.91 Å². The number of nitrogens with one attached hydrogen (secondary N) is 1. The first kappa shape index (κ1) is 72.3. The molecule has 0 atom stereocenters. The second-order valence-corrected chi connectivity index (χ2v) is 23.2. The molecular formula is C66H92ClN9O12. The average molecular weight is 1240 g/mol. The Balaban J connectivity index is 0.000000235. The number of aliphatic hydroxyl groups is 1. The van der Waals surface area contributed by atoms with Crippen molar-refractivity contribution in [2.75, 3.05) is 58.1 Å². The van der Waals surface area contributed by atoms with Gasteiger partial charge >= 0.3 is 12.2 Å². The molecular weight excluding hydrogens is 1150 g/mol. The van der Waals surface area contributed by atoms with Gasteiger partial charge in [-0.05, 0) is 141 Å². The topological polar surface area (TPSA) is 255 Å². The normalized spacial score (nSPS) is 15.5. The highest BCUT2D eigenvalue weighted by atomic mass is 35.5. The molecule has 6 heterocycles. The van der Waals surface area contributed by atoms with Gasteiger partial charge in [-0.15, -0.1) is 12.4 Å². The van der Waals surface area contributed by atoms with E-state index in [0.29, 0.717) is 75.5 Å². The molecule has 4 aromatic carbocycles. The fourth-order valence-corrected chi connectivity index (χ4v) is 8.93. The van der Waals surface area contributed by atoms with Crippen LogP contribution >= 0.6 is 12.4 Å². The molecule has 0 saturated carbocycles. The predicted octanol–water partition coefficient (Wildman–Crippen LogP) is 9.23. The third-order valence-corrected chi connectivity index (χ3v) is 13.5.